The van der Waals surface area contributed by atoms with E-state index in [1.165, 1.54) is 12.0 Å². The van der Waals surface area contributed by atoms with Crippen molar-refractivity contribution in [2.75, 3.05) is 13.6 Å². The maximum absolute atomic E-state index is 5.57. The Labute approximate surface area is 84.5 Å². The van der Waals surface area contributed by atoms with Crippen LogP contribution >= 0.6 is 0 Å². The van der Waals surface area contributed by atoms with Gasteiger partial charge in [-0.15, -0.1) is 0 Å². The third-order valence-electron chi connectivity index (χ3n) is 3.29. The first-order chi connectivity index (χ1) is 6.84. The number of hydrogen-bond donors (Lipinski definition) is 0. The minimum Gasteiger partial charge on any atom is -0.353 e. The molecule has 2 aliphatic rings. The maximum Gasteiger partial charge on any atom is 0.137 e. The highest BCUT2D eigenvalue weighted by molar-refractivity contribution is 5.21. The zero-order valence-electron chi connectivity index (χ0n) is 8.39. The molecule has 3 atom stereocenters. The van der Waals surface area contributed by atoms with Crippen LogP contribution in [0.3, 0.4) is 0 Å². The molecular weight excluding hydrogens is 174 g/mol. The molecule has 2 heterocycles. The molecule has 2 aliphatic heterocycles. The number of likely N-dealkylation sites (N-methyl/N-ethyl adjacent to an activating group) is 1. The monoisotopic (exact) mass is 189 g/mol. The van der Waals surface area contributed by atoms with Gasteiger partial charge in [-0.3, -0.25) is 4.90 Å². The van der Waals surface area contributed by atoms with Crippen LogP contribution in [0.25, 0.3) is 0 Å². The number of ether oxygens (including phenoxy) is 1. The second-order valence-corrected chi connectivity index (χ2v) is 4.35. The van der Waals surface area contributed by atoms with Crippen molar-refractivity contribution in [3.63, 3.8) is 0 Å². The van der Waals surface area contributed by atoms with Crippen molar-refractivity contribution in [1.82, 2.24) is 4.90 Å². The maximum atomic E-state index is 5.57. The summed E-state index contributed by atoms with van der Waals surface area (Å²) in [7, 11) is 2.15. The third-order valence-corrected chi connectivity index (χ3v) is 3.29. The summed E-state index contributed by atoms with van der Waals surface area (Å²) in [6.45, 7) is 1.13. The first-order valence-corrected chi connectivity index (χ1v) is 5.25. The van der Waals surface area contributed by atoms with Crippen LogP contribution in [0.1, 0.15) is 17.9 Å². The van der Waals surface area contributed by atoms with Crippen molar-refractivity contribution in [2.45, 2.75) is 24.7 Å². The number of hydrogen-bond acceptors (Lipinski definition) is 2. The van der Waals surface area contributed by atoms with Gasteiger partial charge in [-0.1, -0.05) is 30.3 Å². The van der Waals surface area contributed by atoms with Gasteiger partial charge in [0, 0.05) is 6.54 Å². The van der Waals surface area contributed by atoms with E-state index in [4.69, 9.17) is 4.74 Å². The summed E-state index contributed by atoms with van der Waals surface area (Å²) in [4.78, 5) is 2.33. The van der Waals surface area contributed by atoms with Gasteiger partial charge in [0.1, 0.15) is 12.3 Å². The molecule has 2 fully saturated rings. The van der Waals surface area contributed by atoms with E-state index in [1.54, 1.807) is 0 Å². The molecule has 14 heavy (non-hydrogen) atoms. The molecule has 0 saturated carbocycles. The van der Waals surface area contributed by atoms with Gasteiger partial charge >= 0.3 is 0 Å². The number of nitrogens with zero attached hydrogens (tertiary/aromatic N) is 1. The standard InChI is InChI=1S/C12H15NO/c1-13-8-10(7-11-12(13)14-11)9-5-3-2-4-6-9/h2-6,10-12H,7-8H2,1H3/t10-,11?,12?/m1/s1. The Hall–Kier alpha value is -0.860. The molecule has 1 aromatic carbocycles. The van der Waals surface area contributed by atoms with Crippen molar-refractivity contribution in [3.8, 4) is 0 Å². The molecule has 0 aliphatic carbocycles. The average Bonchev–Trinajstić information content (AvgIpc) is 2.99. The molecule has 0 radical (unpaired) electrons. The van der Waals surface area contributed by atoms with E-state index in [9.17, 15) is 0 Å². The summed E-state index contributed by atoms with van der Waals surface area (Å²) in [5.74, 6) is 0.657. The highest BCUT2D eigenvalue weighted by atomic mass is 16.6. The van der Waals surface area contributed by atoms with E-state index < -0.39 is 0 Å². The largest absolute Gasteiger partial charge is 0.353 e. The fourth-order valence-electron chi connectivity index (χ4n) is 2.47. The van der Waals surface area contributed by atoms with Gasteiger partial charge in [0.2, 0.25) is 0 Å². The van der Waals surface area contributed by atoms with Crippen LogP contribution in [0, 0.1) is 0 Å². The van der Waals surface area contributed by atoms with Gasteiger partial charge < -0.3 is 4.74 Å². The van der Waals surface area contributed by atoms with E-state index in [-0.39, 0.29) is 0 Å². The number of piperidine rings is 1. The summed E-state index contributed by atoms with van der Waals surface area (Å²) in [5.41, 5.74) is 1.45. The number of epoxide rings is 1. The number of likely N-dealkylation sites (tertiary alicyclic amines) is 1. The molecule has 1 aromatic rings. The lowest BCUT2D eigenvalue weighted by Crippen LogP contribution is -2.33. The van der Waals surface area contributed by atoms with E-state index in [0.29, 0.717) is 18.2 Å². The number of benzene rings is 1. The zero-order chi connectivity index (χ0) is 9.54. The molecule has 2 unspecified atom stereocenters. The van der Waals surface area contributed by atoms with Gasteiger partial charge in [0.05, 0.1) is 0 Å². The molecule has 0 spiro atoms. The van der Waals surface area contributed by atoms with Crippen LogP contribution in [-0.2, 0) is 4.74 Å². The van der Waals surface area contributed by atoms with Gasteiger partial charge in [-0.05, 0) is 24.9 Å². The van der Waals surface area contributed by atoms with Crippen LogP contribution in [0.2, 0.25) is 0 Å². The van der Waals surface area contributed by atoms with Crippen molar-refractivity contribution in [1.29, 1.82) is 0 Å². The molecule has 3 rings (SSSR count). The predicted molar refractivity (Wildman–Crippen MR) is 55.1 cm³/mol. The van der Waals surface area contributed by atoms with Gasteiger partial charge in [0.25, 0.3) is 0 Å². The van der Waals surface area contributed by atoms with Crippen LogP contribution in [0.15, 0.2) is 30.3 Å². The van der Waals surface area contributed by atoms with E-state index in [0.717, 1.165) is 6.54 Å². The molecule has 0 bridgehead atoms. The summed E-state index contributed by atoms with van der Waals surface area (Å²) in [6, 6.07) is 10.8. The molecule has 74 valence electrons. The summed E-state index contributed by atoms with van der Waals surface area (Å²) in [6.07, 6.45) is 2.12. The van der Waals surface area contributed by atoms with Crippen molar-refractivity contribution >= 4 is 0 Å². The number of rotatable bonds is 1. The second-order valence-electron chi connectivity index (χ2n) is 4.35. The smallest absolute Gasteiger partial charge is 0.137 e. The normalized spacial score (nSPS) is 36.5. The van der Waals surface area contributed by atoms with Crippen LogP contribution < -0.4 is 0 Å². The van der Waals surface area contributed by atoms with Crippen LogP contribution in [-0.4, -0.2) is 30.8 Å². The quantitative estimate of drug-likeness (QED) is 0.626. The topological polar surface area (TPSA) is 15.8 Å². The second kappa shape index (κ2) is 3.07. The molecule has 2 saturated heterocycles. The molecule has 2 heteroatoms. The molecule has 2 nitrogen and oxygen atoms in total. The fraction of sp³-hybridized carbons (Fsp3) is 0.500. The minimum atomic E-state index is 0.426. The van der Waals surface area contributed by atoms with Crippen LogP contribution in [0.4, 0.5) is 0 Å². The Kier molecular flexibility index (Phi) is 1.85. The van der Waals surface area contributed by atoms with Gasteiger partial charge in [-0.25, -0.2) is 0 Å². The number of fused-ring (bicyclic) bond motifs is 1. The Morgan fingerprint density at radius 1 is 1.29 bits per heavy atom. The lowest BCUT2D eigenvalue weighted by molar-refractivity contribution is 0.205. The molecular formula is C12H15NO. The Bertz CT molecular complexity index is 324. The van der Waals surface area contributed by atoms with Crippen LogP contribution in [0.5, 0.6) is 0 Å². The van der Waals surface area contributed by atoms with Gasteiger partial charge in [-0.2, -0.15) is 0 Å². The highest BCUT2D eigenvalue weighted by Gasteiger charge is 2.47. The minimum absolute atomic E-state index is 0.426. The first-order valence-electron chi connectivity index (χ1n) is 5.25. The molecule has 0 aromatic heterocycles. The SMILES string of the molecule is CN1C[C@H](c2ccccc2)CC2OC21. The van der Waals surface area contributed by atoms with E-state index in [2.05, 4.69) is 42.3 Å². The highest BCUT2D eigenvalue weighted by Crippen LogP contribution is 2.40. The molecule has 0 amide bonds. The van der Waals surface area contributed by atoms with Crippen molar-refractivity contribution < 1.29 is 4.74 Å². The Morgan fingerprint density at radius 2 is 2.07 bits per heavy atom. The first kappa shape index (κ1) is 8.45. The average molecular weight is 189 g/mol. The van der Waals surface area contributed by atoms with E-state index in [1.807, 2.05) is 0 Å². The zero-order valence-corrected chi connectivity index (χ0v) is 8.39. The lowest BCUT2D eigenvalue weighted by Gasteiger charge is -2.26. The lowest BCUT2D eigenvalue weighted by atomic mass is 9.91. The summed E-state index contributed by atoms with van der Waals surface area (Å²) >= 11 is 0. The molecule has 0 N–H and O–H groups in total. The Balaban J connectivity index is 1.80. The summed E-state index contributed by atoms with van der Waals surface area (Å²) in [5, 5.41) is 0. The van der Waals surface area contributed by atoms with Crippen molar-refractivity contribution in [2.24, 2.45) is 0 Å². The third kappa shape index (κ3) is 1.35. The Morgan fingerprint density at radius 3 is 2.79 bits per heavy atom. The fourth-order valence-corrected chi connectivity index (χ4v) is 2.47. The van der Waals surface area contributed by atoms with Crippen molar-refractivity contribution in [3.05, 3.63) is 35.9 Å². The predicted octanol–water partition coefficient (Wildman–Crippen LogP) is 1.83. The van der Waals surface area contributed by atoms with Gasteiger partial charge in [0.15, 0.2) is 0 Å². The summed E-state index contributed by atoms with van der Waals surface area (Å²) < 4.78 is 5.57. The van der Waals surface area contributed by atoms with E-state index >= 15 is 0 Å².